The minimum atomic E-state index is -4.67. The Hall–Kier alpha value is -7.70. The van der Waals surface area contributed by atoms with E-state index in [9.17, 15) is 24.0 Å². The SMILES string of the molecule is C.CCOC(C)=O.COC(=O)C1(OC(=O)CC[C@@H]2N=C(c3ccccn3)c3ccc(C)c(Cl)c3-n3c(C)cnc32)CC1.COC(=O)C1(OC(=O)CC[C@@H]2N=C(c3ccccn3)c3ccc(C)c(Cl)c3-n3c(C)cnc32)CC1.O=S(=O)(O)O. The van der Waals surface area contributed by atoms with Crippen molar-refractivity contribution in [3.8, 4) is 11.4 Å². The van der Waals surface area contributed by atoms with E-state index >= 15 is 0 Å². The zero-order valence-corrected chi connectivity index (χ0v) is 48.0. The third kappa shape index (κ3) is 14.9. The van der Waals surface area contributed by atoms with Crippen molar-refractivity contribution >= 4 is 74.9 Å². The highest BCUT2D eigenvalue weighted by Gasteiger charge is 2.56. The Bertz CT molecular complexity index is 3310. The van der Waals surface area contributed by atoms with Crippen molar-refractivity contribution in [1.29, 1.82) is 0 Å². The lowest BCUT2D eigenvalue weighted by molar-refractivity contribution is -0.169. The molecule has 4 aromatic heterocycles. The van der Waals surface area contributed by atoms with Gasteiger partial charge in [-0.2, -0.15) is 8.42 Å². The summed E-state index contributed by atoms with van der Waals surface area (Å²) >= 11 is 13.7. The molecule has 6 heterocycles. The highest BCUT2D eigenvalue weighted by Crippen LogP contribution is 2.44. The van der Waals surface area contributed by atoms with Crippen LogP contribution >= 0.6 is 23.2 Å². The number of pyridine rings is 2. The highest BCUT2D eigenvalue weighted by atomic mass is 35.5. The molecule has 2 saturated carbocycles. The van der Waals surface area contributed by atoms with Crippen LogP contribution in [-0.4, -0.2) is 120 Å². The molecule has 2 atom stereocenters. The van der Waals surface area contributed by atoms with E-state index in [4.69, 9.17) is 69.7 Å². The van der Waals surface area contributed by atoms with Gasteiger partial charge in [-0.05, 0) is 82.9 Å². The number of imidazole rings is 2. The van der Waals surface area contributed by atoms with Crippen molar-refractivity contribution in [3.63, 3.8) is 0 Å². The number of fused-ring (bicyclic) bond motifs is 6. The second-order valence-corrected chi connectivity index (χ2v) is 20.8. The number of carbonyl (C=O) groups excluding carboxylic acids is 5. The minimum Gasteiger partial charge on any atom is -0.466 e. The number of hydrogen-bond donors (Lipinski definition) is 2. The summed E-state index contributed by atoms with van der Waals surface area (Å²) in [6.07, 6.45) is 9.73. The molecule has 10 rings (SSSR count). The first-order valence-electron chi connectivity index (χ1n) is 25.6. The van der Waals surface area contributed by atoms with Crippen LogP contribution < -0.4 is 0 Å². The Morgan fingerprint density at radius 3 is 1.30 bits per heavy atom. The number of aliphatic imine (C=N–C) groups is 2. The van der Waals surface area contributed by atoms with E-state index in [1.165, 1.54) is 21.1 Å². The summed E-state index contributed by atoms with van der Waals surface area (Å²) in [4.78, 5) is 87.7. The molecule has 0 radical (unpaired) electrons. The molecular weight excluding hydrogens is 1120 g/mol. The summed E-state index contributed by atoms with van der Waals surface area (Å²) in [6.45, 7) is 11.5. The molecule has 4 aliphatic rings. The lowest BCUT2D eigenvalue weighted by Gasteiger charge is -2.17. The number of hydrogen-bond acceptors (Lipinski definition) is 18. The third-order valence-corrected chi connectivity index (χ3v) is 14.2. The molecule has 22 nitrogen and oxygen atoms in total. The van der Waals surface area contributed by atoms with Crippen LogP contribution in [0.3, 0.4) is 0 Å². The van der Waals surface area contributed by atoms with Gasteiger partial charge in [-0.25, -0.2) is 19.6 Å². The topological polar surface area (TPSA) is 292 Å². The number of methoxy groups -OCH3 is 2. The maximum absolute atomic E-state index is 12.7. The molecular formula is C57H64Cl2N8O14S. The molecule has 2 fully saturated rings. The van der Waals surface area contributed by atoms with Crippen LogP contribution in [0.4, 0.5) is 0 Å². The second-order valence-electron chi connectivity index (χ2n) is 19.2. The van der Waals surface area contributed by atoms with Crippen molar-refractivity contribution < 1.29 is 65.2 Å². The van der Waals surface area contributed by atoms with Crippen molar-refractivity contribution in [2.75, 3.05) is 20.8 Å². The van der Waals surface area contributed by atoms with Crippen LogP contribution in [0, 0.1) is 27.7 Å². The monoisotopic (exact) mass is 1190 g/mol. The number of aryl methyl sites for hydroxylation is 4. The van der Waals surface area contributed by atoms with Gasteiger partial charge in [-0.3, -0.25) is 52.6 Å². The predicted molar refractivity (Wildman–Crippen MR) is 303 cm³/mol. The van der Waals surface area contributed by atoms with E-state index in [-0.39, 0.29) is 26.2 Å². The van der Waals surface area contributed by atoms with E-state index in [0.29, 0.717) is 89.6 Å². The molecule has 2 aliphatic carbocycles. The molecule has 25 heteroatoms. The lowest BCUT2D eigenvalue weighted by atomic mass is 10.0. The smallest absolute Gasteiger partial charge is 0.394 e. The number of ether oxygens (including phenoxy) is 5. The number of halogens is 2. The summed E-state index contributed by atoms with van der Waals surface area (Å²) in [6, 6.07) is 18.3. The van der Waals surface area contributed by atoms with Gasteiger partial charge in [0.2, 0.25) is 11.2 Å². The maximum Gasteiger partial charge on any atom is 0.394 e. The van der Waals surface area contributed by atoms with E-state index < -0.39 is 57.6 Å². The average molecular weight is 1190 g/mol. The van der Waals surface area contributed by atoms with E-state index in [0.717, 1.165) is 45.0 Å². The van der Waals surface area contributed by atoms with Gasteiger partial charge in [0.1, 0.15) is 23.7 Å². The summed E-state index contributed by atoms with van der Waals surface area (Å²) in [5.41, 5.74) is 7.46. The molecule has 0 amide bonds. The molecule has 0 saturated heterocycles. The van der Waals surface area contributed by atoms with E-state index in [2.05, 4.69) is 24.7 Å². The molecule has 0 spiro atoms. The fourth-order valence-electron chi connectivity index (χ4n) is 9.03. The molecule has 6 aromatic rings. The summed E-state index contributed by atoms with van der Waals surface area (Å²) in [5.74, 6) is -0.795. The van der Waals surface area contributed by atoms with Crippen LogP contribution in [0.1, 0.15) is 141 Å². The second kappa shape index (κ2) is 26.9. The molecule has 2 N–H and O–H groups in total. The fourth-order valence-corrected chi connectivity index (χ4v) is 9.52. The number of nitrogens with zero attached hydrogens (tertiary/aromatic N) is 8. The largest absolute Gasteiger partial charge is 0.466 e. The van der Waals surface area contributed by atoms with Gasteiger partial charge >= 0.3 is 40.2 Å². The van der Waals surface area contributed by atoms with Gasteiger partial charge in [-0.1, -0.05) is 67.0 Å². The summed E-state index contributed by atoms with van der Waals surface area (Å²) in [5, 5.41) is 1.23. The average Bonchev–Trinajstić information content (AvgIpc) is 3.66. The number of carbonyl (C=O) groups is 5. The van der Waals surface area contributed by atoms with Gasteiger partial charge in [0.15, 0.2) is 0 Å². The molecule has 82 heavy (non-hydrogen) atoms. The van der Waals surface area contributed by atoms with Crippen LogP contribution in [0.25, 0.3) is 11.4 Å². The van der Waals surface area contributed by atoms with Crippen LogP contribution in [0.2, 0.25) is 10.0 Å². The van der Waals surface area contributed by atoms with Crippen molar-refractivity contribution in [2.45, 2.75) is 124 Å². The summed E-state index contributed by atoms with van der Waals surface area (Å²) < 4.78 is 60.6. The van der Waals surface area contributed by atoms with E-state index in [1.807, 2.05) is 97.5 Å². The van der Waals surface area contributed by atoms with Crippen molar-refractivity contribution in [1.82, 2.24) is 29.1 Å². The standard InChI is InChI=1S/2C26H25ClN4O4.C4H8O2.CH4.H2O4S/c2*1-15-7-8-17-22(18-6-4-5-13-28-18)30-19(24-29-14-16(2)31(24)23(17)21(15)27)9-10-20(32)35-26(11-12-26)25(33)34-3;1-3-6-4(2)5;;1-5(2,3)4/h2*4-8,13-14,19H,9-12H2,1-3H3;3H2,1-2H3;1H4;(H2,1,2,3,4)/t2*19-;;;/m00.../s1. The first kappa shape index (κ1) is 63.5. The number of benzene rings is 2. The first-order valence-corrected chi connectivity index (χ1v) is 27.7. The quantitative estimate of drug-likeness (QED) is 0.0618. The number of aromatic nitrogens is 6. The number of esters is 5. The molecule has 0 unspecified atom stereocenters. The number of rotatable bonds is 13. The Morgan fingerprint density at radius 2 is 1.01 bits per heavy atom. The van der Waals surface area contributed by atoms with Crippen LogP contribution in [-0.2, 0) is 58.1 Å². The molecule has 2 aliphatic heterocycles. The third-order valence-electron chi connectivity index (χ3n) is 13.2. The highest BCUT2D eigenvalue weighted by molar-refractivity contribution is 7.79. The van der Waals surface area contributed by atoms with Gasteiger partial charge in [0.25, 0.3) is 0 Å². The van der Waals surface area contributed by atoms with Crippen LogP contribution in [0.15, 0.2) is 95.4 Å². The van der Waals surface area contributed by atoms with Crippen molar-refractivity contribution in [3.05, 3.63) is 152 Å². The van der Waals surface area contributed by atoms with E-state index in [1.54, 1.807) is 31.7 Å². The zero-order chi connectivity index (χ0) is 59.0. The predicted octanol–water partition coefficient (Wildman–Crippen LogP) is 9.47. The van der Waals surface area contributed by atoms with Gasteiger partial charge in [0.05, 0.1) is 65.1 Å². The Balaban J connectivity index is 0.000000221. The van der Waals surface area contributed by atoms with Crippen LogP contribution in [0.5, 0.6) is 0 Å². The fraction of sp³-hybridized carbons (Fsp3) is 0.386. The van der Waals surface area contributed by atoms with Gasteiger partial charge in [-0.15, -0.1) is 0 Å². The Morgan fingerprint density at radius 1 is 0.634 bits per heavy atom. The van der Waals surface area contributed by atoms with Gasteiger partial charge in [0, 0.05) is 92.8 Å². The van der Waals surface area contributed by atoms with Crippen molar-refractivity contribution in [2.24, 2.45) is 9.98 Å². The summed E-state index contributed by atoms with van der Waals surface area (Å²) in [7, 11) is -2.08. The molecule has 436 valence electrons. The molecule has 2 aromatic carbocycles. The Kier molecular flexibility index (Phi) is 20.8. The normalized spacial score (nSPS) is 16.2. The first-order chi connectivity index (χ1) is 38.5. The minimum absolute atomic E-state index is 0. The van der Waals surface area contributed by atoms with Gasteiger partial charge < -0.3 is 23.7 Å². The molecule has 0 bridgehead atoms. The zero-order valence-electron chi connectivity index (χ0n) is 45.6. The maximum atomic E-state index is 12.7. The lowest BCUT2D eigenvalue weighted by Crippen LogP contribution is -2.30. The Labute approximate surface area is 484 Å².